The number of alkyl halides is 3. The zero-order valence-electron chi connectivity index (χ0n) is 18.4. The minimum atomic E-state index is -4.60. The Bertz CT molecular complexity index is 1050. The highest BCUT2D eigenvalue weighted by Gasteiger charge is 2.50. The van der Waals surface area contributed by atoms with Crippen molar-refractivity contribution in [2.75, 3.05) is 19.6 Å². The first-order valence-corrected chi connectivity index (χ1v) is 10.2. The van der Waals surface area contributed by atoms with Gasteiger partial charge in [0, 0.05) is 6.54 Å². The molecule has 1 saturated heterocycles. The van der Waals surface area contributed by atoms with Crippen molar-refractivity contribution in [1.29, 1.82) is 0 Å². The van der Waals surface area contributed by atoms with E-state index < -0.39 is 48.1 Å². The Morgan fingerprint density at radius 3 is 2.25 bits per heavy atom. The molecule has 6 nitrogen and oxygen atoms in total. The molecule has 1 atom stereocenters. The highest BCUT2D eigenvalue weighted by Crippen LogP contribution is 2.31. The lowest BCUT2D eigenvalue weighted by Crippen LogP contribution is -2.49. The molecule has 1 aliphatic rings. The van der Waals surface area contributed by atoms with Gasteiger partial charge < -0.3 is 10.2 Å². The summed E-state index contributed by atoms with van der Waals surface area (Å²) in [5.41, 5.74) is -1.51. The van der Waals surface area contributed by atoms with Crippen LogP contribution in [-0.2, 0) is 15.1 Å². The second kappa shape index (κ2) is 8.11. The summed E-state index contributed by atoms with van der Waals surface area (Å²) in [6.07, 6.45) is -4.60. The maximum absolute atomic E-state index is 13.2. The normalized spacial score (nSPS) is 19.4. The molecule has 172 valence electrons. The number of carbonyl (C=O) groups is 3. The SMILES string of the molecule is CC(C)(C)CN(CC(F)(F)F)C(=O)CN1C(=O)NC(C)(c2ccc3ccccc3c2)C1=O. The maximum Gasteiger partial charge on any atom is 0.406 e. The van der Waals surface area contributed by atoms with Crippen LogP contribution in [0.5, 0.6) is 0 Å². The van der Waals surface area contributed by atoms with E-state index in [0.29, 0.717) is 15.4 Å². The van der Waals surface area contributed by atoms with Gasteiger partial charge in [-0.1, -0.05) is 57.2 Å². The number of hydrogen-bond donors (Lipinski definition) is 1. The first-order chi connectivity index (χ1) is 14.7. The van der Waals surface area contributed by atoms with Crippen molar-refractivity contribution in [2.24, 2.45) is 5.41 Å². The minimum absolute atomic E-state index is 0.170. The van der Waals surface area contributed by atoms with Crippen molar-refractivity contribution in [3.63, 3.8) is 0 Å². The van der Waals surface area contributed by atoms with E-state index >= 15 is 0 Å². The molecule has 32 heavy (non-hydrogen) atoms. The van der Waals surface area contributed by atoms with Gasteiger partial charge in [-0.15, -0.1) is 0 Å². The zero-order chi connectivity index (χ0) is 23.9. The predicted molar refractivity (Wildman–Crippen MR) is 114 cm³/mol. The van der Waals surface area contributed by atoms with E-state index in [0.717, 1.165) is 10.8 Å². The Morgan fingerprint density at radius 1 is 1.03 bits per heavy atom. The summed E-state index contributed by atoms with van der Waals surface area (Å²) in [4.78, 5) is 39.8. The van der Waals surface area contributed by atoms with Crippen molar-refractivity contribution < 1.29 is 27.6 Å². The number of imide groups is 1. The third kappa shape index (κ3) is 5.03. The first-order valence-electron chi connectivity index (χ1n) is 10.2. The standard InChI is InChI=1S/C23H26F3N3O3/c1-21(2,3)13-28(14-23(24,25)26)18(30)12-29-19(31)22(4,27-20(29)32)17-10-9-15-7-5-6-8-16(15)11-17/h5-11H,12-14H2,1-4H3,(H,27,32). The molecule has 0 radical (unpaired) electrons. The van der Waals surface area contributed by atoms with E-state index in [4.69, 9.17) is 0 Å². The van der Waals surface area contributed by atoms with E-state index in [1.807, 2.05) is 30.3 Å². The average molecular weight is 449 g/mol. The number of rotatable bonds is 5. The molecule has 1 unspecified atom stereocenters. The van der Waals surface area contributed by atoms with Gasteiger partial charge in [-0.3, -0.25) is 14.5 Å². The molecule has 2 aromatic carbocycles. The summed E-state index contributed by atoms with van der Waals surface area (Å²) in [6.45, 7) is 4.24. The number of amides is 4. The average Bonchev–Trinajstić information content (AvgIpc) is 2.89. The van der Waals surface area contributed by atoms with Crippen molar-refractivity contribution >= 4 is 28.6 Å². The summed E-state index contributed by atoms with van der Waals surface area (Å²) >= 11 is 0. The molecule has 9 heteroatoms. The fourth-order valence-corrected chi connectivity index (χ4v) is 3.79. The summed E-state index contributed by atoms with van der Waals surface area (Å²) < 4.78 is 39.1. The molecule has 1 heterocycles. The van der Waals surface area contributed by atoms with Gasteiger partial charge in [0.25, 0.3) is 5.91 Å². The smallest absolute Gasteiger partial charge is 0.332 e. The summed E-state index contributed by atoms with van der Waals surface area (Å²) in [5.74, 6) is -1.63. The van der Waals surface area contributed by atoms with Crippen LogP contribution in [0.1, 0.15) is 33.3 Å². The predicted octanol–water partition coefficient (Wildman–Crippen LogP) is 4.04. The number of carbonyl (C=O) groups excluding carboxylic acids is 3. The Morgan fingerprint density at radius 2 is 1.66 bits per heavy atom. The molecule has 0 aromatic heterocycles. The molecule has 2 aromatic rings. The highest BCUT2D eigenvalue weighted by atomic mass is 19.4. The number of nitrogens with one attached hydrogen (secondary N) is 1. The van der Waals surface area contributed by atoms with Crippen molar-refractivity contribution in [3.8, 4) is 0 Å². The number of benzene rings is 2. The molecule has 3 rings (SSSR count). The second-order valence-electron chi connectivity index (χ2n) is 9.43. The fraction of sp³-hybridized carbons (Fsp3) is 0.435. The van der Waals surface area contributed by atoms with Crippen LogP contribution in [0.15, 0.2) is 42.5 Å². The van der Waals surface area contributed by atoms with Gasteiger partial charge >= 0.3 is 12.2 Å². The Kier molecular flexibility index (Phi) is 5.97. The van der Waals surface area contributed by atoms with Gasteiger partial charge in [0.05, 0.1) is 0 Å². The Balaban J connectivity index is 1.84. The largest absolute Gasteiger partial charge is 0.406 e. The van der Waals surface area contributed by atoms with Gasteiger partial charge in [-0.25, -0.2) is 4.79 Å². The molecular formula is C23H26F3N3O3. The van der Waals surface area contributed by atoms with Crippen molar-refractivity contribution in [1.82, 2.24) is 15.1 Å². The van der Waals surface area contributed by atoms with Gasteiger partial charge in [-0.2, -0.15) is 13.2 Å². The topological polar surface area (TPSA) is 69.7 Å². The molecule has 0 bridgehead atoms. The molecule has 4 amide bonds. The fourth-order valence-electron chi connectivity index (χ4n) is 3.79. The van der Waals surface area contributed by atoms with E-state index in [1.54, 1.807) is 32.9 Å². The molecule has 0 aliphatic carbocycles. The summed E-state index contributed by atoms with van der Waals surface area (Å²) in [6, 6.07) is 12.0. The molecule has 1 N–H and O–H groups in total. The minimum Gasteiger partial charge on any atom is -0.332 e. The van der Waals surface area contributed by atoms with Gasteiger partial charge in [-0.05, 0) is 34.7 Å². The monoisotopic (exact) mass is 449 g/mol. The van der Waals surface area contributed by atoms with Crippen molar-refractivity contribution in [2.45, 2.75) is 39.4 Å². The molecular weight excluding hydrogens is 423 g/mol. The van der Waals surface area contributed by atoms with Crippen LogP contribution in [0.3, 0.4) is 0 Å². The summed E-state index contributed by atoms with van der Waals surface area (Å²) in [5, 5.41) is 4.41. The number of nitrogens with zero attached hydrogens (tertiary/aromatic N) is 2. The molecule has 1 fully saturated rings. The Hall–Kier alpha value is -3.10. The third-order valence-electron chi connectivity index (χ3n) is 5.28. The van der Waals surface area contributed by atoms with Crippen LogP contribution in [0.2, 0.25) is 0 Å². The quantitative estimate of drug-likeness (QED) is 0.701. The third-order valence-corrected chi connectivity index (χ3v) is 5.28. The van der Waals surface area contributed by atoms with Crippen LogP contribution in [-0.4, -0.2) is 53.5 Å². The van der Waals surface area contributed by atoms with E-state index in [1.165, 1.54) is 6.92 Å². The van der Waals surface area contributed by atoms with E-state index in [-0.39, 0.29) is 6.54 Å². The molecule has 0 saturated carbocycles. The van der Waals surface area contributed by atoms with Gasteiger partial charge in [0.15, 0.2) is 0 Å². The van der Waals surface area contributed by atoms with Crippen LogP contribution >= 0.6 is 0 Å². The number of hydrogen-bond acceptors (Lipinski definition) is 3. The maximum atomic E-state index is 13.2. The van der Waals surface area contributed by atoms with Crippen LogP contribution < -0.4 is 5.32 Å². The van der Waals surface area contributed by atoms with Gasteiger partial charge in [0.2, 0.25) is 5.91 Å². The highest BCUT2D eigenvalue weighted by molar-refractivity contribution is 6.09. The van der Waals surface area contributed by atoms with Crippen LogP contribution in [0, 0.1) is 5.41 Å². The van der Waals surface area contributed by atoms with Crippen LogP contribution in [0.25, 0.3) is 10.8 Å². The number of fused-ring (bicyclic) bond motifs is 1. The van der Waals surface area contributed by atoms with Gasteiger partial charge in [0.1, 0.15) is 18.6 Å². The summed E-state index contributed by atoms with van der Waals surface area (Å²) in [7, 11) is 0. The lowest BCUT2D eigenvalue weighted by molar-refractivity contribution is -0.164. The van der Waals surface area contributed by atoms with Crippen molar-refractivity contribution in [3.05, 3.63) is 48.0 Å². The van der Waals surface area contributed by atoms with E-state index in [9.17, 15) is 27.6 Å². The lowest BCUT2D eigenvalue weighted by Gasteiger charge is -2.31. The van der Waals surface area contributed by atoms with Crippen LogP contribution in [0.4, 0.5) is 18.0 Å². The molecule has 1 aliphatic heterocycles. The molecule has 0 spiro atoms. The zero-order valence-corrected chi connectivity index (χ0v) is 18.4. The van der Waals surface area contributed by atoms with E-state index in [2.05, 4.69) is 5.32 Å². The number of urea groups is 1. The lowest BCUT2D eigenvalue weighted by atomic mass is 9.90. The first kappa shape index (κ1) is 23.6. The Labute approximate surface area is 184 Å². The number of halogens is 3. The second-order valence-corrected chi connectivity index (χ2v) is 9.43.